The van der Waals surface area contributed by atoms with Crippen LogP contribution in [0.2, 0.25) is 0 Å². The van der Waals surface area contributed by atoms with Crippen LogP contribution >= 0.6 is 11.8 Å². The van der Waals surface area contributed by atoms with Gasteiger partial charge in [0.15, 0.2) is 0 Å². The molecule has 6 aliphatic rings. The van der Waals surface area contributed by atoms with Crippen LogP contribution in [-0.2, 0) is 46.2 Å². The van der Waals surface area contributed by atoms with E-state index in [4.69, 9.17) is 39.4 Å². The summed E-state index contributed by atoms with van der Waals surface area (Å²) in [6, 6.07) is 8.52. The van der Waals surface area contributed by atoms with Crippen LogP contribution < -0.4 is 11.2 Å². The number of rotatable bonds is 8. The third-order valence-corrected chi connectivity index (χ3v) is 14.9. The SMILES string of the molecule is CCO[C@@H]1C2=NC(CS2)c2ccc3c(c2)c(c(-c2cc(C4C[C@@H]5COC[C@@H](C4)N5C4COC4)cnc2[C@H](C)OC)n3CC)CC(C)(C)COC(=O)[C@@H]2CCCN(N2)C(=O)[C@H]1N. The standard InChI is InChI=1S/C46H63N7O7S/c1-7-51-38-12-11-27-16-33(38)35(41(51)34-17-29(19-48-40(34)26(3)56-6)28-14-30-20-57-21-31(15-28)53(30)32-22-58-23-32)18-46(4,5)25-60-45(55)36-10-9-13-52(50-36)44(54)39(47)42(59-8-2)43-49-37(27)24-61-43/h11-12,16-17,19,26,28,30-32,36-37,39,42,50H,7-10,13-15,18,20-25,47H2,1-6H3/t26-,30+,31+,36-,37?,39-,42-/m0/s1. The molecule has 8 bridgehead atoms. The summed E-state index contributed by atoms with van der Waals surface area (Å²) < 4.78 is 32.6. The maximum Gasteiger partial charge on any atom is 0.324 e. The molecule has 2 aromatic heterocycles. The molecule has 8 heterocycles. The third-order valence-electron chi connectivity index (χ3n) is 13.8. The first kappa shape index (κ1) is 42.9. The van der Waals surface area contributed by atoms with Gasteiger partial charge in [-0.3, -0.25) is 29.5 Å². The van der Waals surface area contributed by atoms with Crippen LogP contribution in [0.25, 0.3) is 22.2 Å². The Balaban J connectivity index is 1.17. The van der Waals surface area contributed by atoms with Crippen molar-refractivity contribution in [2.24, 2.45) is 16.1 Å². The molecular formula is C46H63N7O7S. The van der Waals surface area contributed by atoms with E-state index in [1.807, 2.05) is 6.92 Å². The van der Waals surface area contributed by atoms with Gasteiger partial charge in [-0.25, -0.2) is 5.43 Å². The molecule has 6 aliphatic heterocycles. The molecule has 7 atom stereocenters. The number of nitrogens with one attached hydrogen (secondary N) is 1. The maximum atomic E-state index is 13.9. The van der Waals surface area contributed by atoms with E-state index < -0.39 is 23.6 Å². The summed E-state index contributed by atoms with van der Waals surface area (Å²) in [5.41, 5.74) is 17.2. The molecule has 4 fully saturated rings. The molecule has 1 amide bonds. The minimum Gasteiger partial charge on any atom is -0.464 e. The molecular weight excluding hydrogens is 795 g/mol. The Kier molecular flexibility index (Phi) is 12.4. The van der Waals surface area contributed by atoms with E-state index in [1.165, 1.54) is 16.1 Å². The van der Waals surface area contributed by atoms with Gasteiger partial charge in [-0.05, 0) is 93.7 Å². The number of hydrazine groups is 1. The summed E-state index contributed by atoms with van der Waals surface area (Å²) in [5.74, 6) is 0.348. The van der Waals surface area contributed by atoms with Crippen molar-refractivity contribution < 1.29 is 33.3 Å². The number of nitrogens with two attached hydrogens (primary N) is 1. The molecule has 330 valence electrons. The van der Waals surface area contributed by atoms with Crippen molar-refractivity contribution in [3.05, 3.63) is 52.8 Å². The minimum absolute atomic E-state index is 0.142. The highest BCUT2D eigenvalue weighted by Crippen LogP contribution is 2.45. The predicted octanol–water partition coefficient (Wildman–Crippen LogP) is 5.32. The number of hydrogen-bond acceptors (Lipinski definition) is 13. The van der Waals surface area contributed by atoms with E-state index in [0.717, 1.165) is 84.3 Å². The Morgan fingerprint density at radius 1 is 1.05 bits per heavy atom. The molecule has 14 nitrogen and oxygen atoms in total. The van der Waals surface area contributed by atoms with Crippen molar-refractivity contribution >= 4 is 39.6 Å². The molecule has 61 heavy (non-hydrogen) atoms. The highest BCUT2D eigenvalue weighted by molar-refractivity contribution is 8.14. The van der Waals surface area contributed by atoms with Crippen molar-refractivity contribution in [3.8, 4) is 11.3 Å². The van der Waals surface area contributed by atoms with Gasteiger partial charge in [0, 0.05) is 72.7 Å². The summed E-state index contributed by atoms with van der Waals surface area (Å²) in [5, 5.41) is 3.34. The smallest absolute Gasteiger partial charge is 0.324 e. The zero-order chi connectivity index (χ0) is 42.6. The fourth-order valence-electron chi connectivity index (χ4n) is 10.6. The number of aliphatic imine (C=N–C) groups is 1. The number of aryl methyl sites for hydroxylation is 1. The van der Waals surface area contributed by atoms with Gasteiger partial charge < -0.3 is 34.0 Å². The largest absolute Gasteiger partial charge is 0.464 e. The van der Waals surface area contributed by atoms with E-state index in [0.29, 0.717) is 62.2 Å². The first-order valence-corrected chi connectivity index (χ1v) is 23.4. The molecule has 1 unspecified atom stereocenters. The predicted molar refractivity (Wildman–Crippen MR) is 235 cm³/mol. The Hall–Kier alpha value is -3.41. The lowest BCUT2D eigenvalue weighted by molar-refractivity contribution is -0.159. The van der Waals surface area contributed by atoms with Crippen LogP contribution in [0.4, 0.5) is 0 Å². The zero-order valence-corrected chi connectivity index (χ0v) is 37.4. The van der Waals surface area contributed by atoms with Crippen molar-refractivity contribution in [2.45, 2.75) is 128 Å². The van der Waals surface area contributed by atoms with Gasteiger partial charge in [-0.1, -0.05) is 19.9 Å². The topological polar surface area (TPSA) is 155 Å². The fourth-order valence-corrected chi connectivity index (χ4v) is 11.7. The number of piperidine rings is 1. The molecule has 0 saturated carbocycles. The summed E-state index contributed by atoms with van der Waals surface area (Å²) in [6.45, 7) is 15.4. The number of hydrogen-bond donors (Lipinski definition) is 2. The highest BCUT2D eigenvalue weighted by atomic mass is 32.2. The van der Waals surface area contributed by atoms with E-state index in [9.17, 15) is 9.59 Å². The van der Waals surface area contributed by atoms with E-state index in [2.05, 4.69) is 73.1 Å². The first-order chi connectivity index (χ1) is 29.5. The number of amides is 1. The van der Waals surface area contributed by atoms with Gasteiger partial charge in [0.1, 0.15) is 18.2 Å². The number of carbonyl (C=O) groups is 2. The van der Waals surface area contributed by atoms with Crippen LogP contribution in [0, 0.1) is 5.41 Å². The van der Waals surface area contributed by atoms with E-state index in [-0.39, 0.29) is 30.6 Å². The lowest BCUT2D eigenvalue weighted by Crippen LogP contribution is -2.64. The first-order valence-electron chi connectivity index (χ1n) is 22.4. The third kappa shape index (κ3) is 8.18. The highest BCUT2D eigenvalue weighted by Gasteiger charge is 2.45. The van der Waals surface area contributed by atoms with Gasteiger partial charge in [0.05, 0.1) is 67.7 Å². The van der Waals surface area contributed by atoms with Crippen molar-refractivity contribution in [2.75, 3.05) is 59.0 Å². The molecule has 1 aromatic carbocycles. The molecule has 0 spiro atoms. The van der Waals surface area contributed by atoms with Gasteiger partial charge in [-0.15, -0.1) is 11.8 Å². The summed E-state index contributed by atoms with van der Waals surface area (Å²) in [7, 11) is 1.75. The second-order valence-electron chi connectivity index (χ2n) is 18.5. The van der Waals surface area contributed by atoms with Crippen LogP contribution in [0.3, 0.4) is 0 Å². The zero-order valence-electron chi connectivity index (χ0n) is 36.6. The molecule has 0 aliphatic carbocycles. The Labute approximate surface area is 363 Å². The van der Waals surface area contributed by atoms with Crippen molar-refractivity contribution in [1.29, 1.82) is 0 Å². The Bertz CT molecular complexity index is 2140. The summed E-state index contributed by atoms with van der Waals surface area (Å²) in [4.78, 5) is 40.8. The van der Waals surface area contributed by atoms with Crippen LogP contribution in [-0.4, -0.2) is 132 Å². The normalized spacial score (nSPS) is 30.4. The molecule has 9 rings (SSSR count). The number of methoxy groups -OCH3 is 1. The number of esters is 1. The second kappa shape index (κ2) is 17.6. The monoisotopic (exact) mass is 857 g/mol. The molecule has 0 radical (unpaired) electrons. The van der Waals surface area contributed by atoms with Gasteiger partial charge in [0.2, 0.25) is 0 Å². The number of thioether (sulfide) groups is 1. The quantitative estimate of drug-likeness (QED) is 0.282. The lowest BCUT2D eigenvalue weighted by Gasteiger charge is -2.53. The molecule has 3 N–H and O–H groups in total. The minimum atomic E-state index is -0.994. The fraction of sp³-hybridized carbons (Fsp3) is 0.652. The number of nitrogens with zero attached hydrogens (tertiary/aromatic N) is 5. The van der Waals surface area contributed by atoms with Crippen LogP contribution in [0.5, 0.6) is 0 Å². The van der Waals surface area contributed by atoms with Crippen LogP contribution in [0.1, 0.15) is 101 Å². The number of ether oxygens (including phenoxy) is 5. The molecule has 15 heteroatoms. The van der Waals surface area contributed by atoms with Gasteiger partial charge in [0.25, 0.3) is 5.91 Å². The maximum absolute atomic E-state index is 13.9. The number of benzene rings is 1. The second-order valence-corrected chi connectivity index (χ2v) is 19.6. The summed E-state index contributed by atoms with van der Waals surface area (Å²) >= 11 is 1.60. The number of pyridine rings is 1. The van der Waals surface area contributed by atoms with Gasteiger partial charge >= 0.3 is 5.97 Å². The van der Waals surface area contributed by atoms with Gasteiger partial charge in [-0.2, -0.15) is 0 Å². The summed E-state index contributed by atoms with van der Waals surface area (Å²) in [6.07, 6.45) is 4.99. The average Bonchev–Trinajstić information content (AvgIpc) is 3.85. The van der Waals surface area contributed by atoms with E-state index >= 15 is 0 Å². The van der Waals surface area contributed by atoms with E-state index in [1.54, 1.807) is 18.9 Å². The Morgan fingerprint density at radius 2 is 1.80 bits per heavy atom. The number of aromatic nitrogens is 2. The lowest BCUT2D eigenvalue weighted by atomic mass is 9.79. The van der Waals surface area contributed by atoms with Crippen LogP contribution in [0.15, 0.2) is 35.5 Å². The number of carbonyl (C=O) groups excluding carboxylic acids is 2. The van der Waals surface area contributed by atoms with Crippen molar-refractivity contribution in [3.63, 3.8) is 0 Å². The van der Waals surface area contributed by atoms with Crippen molar-refractivity contribution in [1.82, 2.24) is 24.9 Å². The Morgan fingerprint density at radius 3 is 2.51 bits per heavy atom. The number of cyclic esters (lactones) is 1. The number of fused-ring (bicyclic) bond motifs is 7. The molecule has 3 aromatic rings. The molecule has 4 saturated heterocycles. The average molecular weight is 858 g/mol. The number of morpholine rings is 1.